The lowest BCUT2D eigenvalue weighted by Gasteiger charge is -2.36. The number of aliphatic carboxylic acids is 1. The van der Waals surface area contributed by atoms with E-state index in [0.717, 1.165) is 15.3 Å². The zero-order chi connectivity index (χ0) is 18.5. The molecule has 1 saturated heterocycles. The molecule has 0 radical (unpaired) electrons. The number of rotatable bonds is 3. The van der Waals surface area contributed by atoms with Crippen molar-refractivity contribution in [1.82, 2.24) is 9.21 Å². The number of carbonyl (C=O) groups excluding carboxylic acids is 2. The third-order valence-corrected chi connectivity index (χ3v) is 6.68. The number of benzene rings is 1. The fourth-order valence-electron chi connectivity index (χ4n) is 3.42. The molecule has 0 aromatic heterocycles. The number of fused-ring (bicyclic) bond motifs is 1. The van der Waals surface area contributed by atoms with Crippen LogP contribution >= 0.6 is 0 Å². The first kappa shape index (κ1) is 17.6. The number of sulfonamides is 1. The van der Waals surface area contributed by atoms with Crippen LogP contribution in [0.5, 0.6) is 0 Å². The Balaban J connectivity index is 2.05. The molecule has 0 aliphatic carbocycles. The van der Waals surface area contributed by atoms with E-state index in [4.69, 9.17) is 0 Å². The summed E-state index contributed by atoms with van der Waals surface area (Å²) in [7, 11) is -2.77. The van der Waals surface area contributed by atoms with E-state index >= 15 is 0 Å². The highest BCUT2D eigenvalue weighted by atomic mass is 32.2. The van der Waals surface area contributed by atoms with Crippen LogP contribution in [-0.2, 0) is 14.8 Å². The largest absolute Gasteiger partial charge is 0.480 e. The number of hydrogen-bond acceptors (Lipinski definition) is 5. The molecule has 2 aliphatic rings. The summed E-state index contributed by atoms with van der Waals surface area (Å²) in [4.78, 5) is 36.3. The van der Waals surface area contributed by atoms with Gasteiger partial charge in [0.2, 0.25) is 10.0 Å². The number of carboxylic acids is 1. The van der Waals surface area contributed by atoms with Crippen LogP contribution in [0.25, 0.3) is 0 Å². The maximum absolute atomic E-state index is 13.0. The molecule has 1 fully saturated rings. The van der Waals surface area contributed by atoms with E-state index in [9.17, 15) is 27.9 Å². The van der Waals surface area contributed by atoms with Gasteiger partial charge in [-0.1, -0.05) is 6.92 Å². The molecule has 2 atom stereocenters. The number of amides is 2. The number of nitrogens with zero attached hydrogens (tertiary/aromatic N) is 2. The molecule has 25 heavy (non-hydrogen) atoms. The minimum absolute atomic E-state index is 0.0190. The minimum atomic E-state index is -4.10. The first-order valence-electron chi connectivity index (χ1n) is 7.87. The summed E-state index contributed by atoms with van der Waals surface area (Å²) < 4.78 is 26.9. The molecular weight excluding hydrogens is 348 g/mol. The second-order valence-electron chi connectivity index (χ2n) is 6.40. The molecule has 8 nitrogen and oxygen atoms in total. The molecule has 2 heterocycles. The van der Waals surface area contributed by atoms with Crippen molar-refractivity contribution < 1.29 is 27.9 Å². The molecule has 2 unspecified atom stereocenters. The highest BCUT2D eigenvalue weighted by Gasteiger charge is 2.42. The summed E-state index contributed by atoms with van der Waals surface area (Å²) in [6.45, 7) is 1.81. The van der Waals surface area contributed by atoms with Gasteiger partial charge in [-0.25, -0.2) is 8.42 Å². The van der Waals surface area contributed by atoms with E-state index in [0.29, 0.717) is 12.8 Å². The predicted molar refractivity (Wildman–Crippen MR) is 86.6 cm³/mol. The predicted octanol–water partition coefficient (Wildman–Crippen LogP) is 0.786. The van der Waals surface area contributed by atoms with Gasteiger partial charge in [0.15, 0.2) is 0 Å². The molecule has 2 aliphatic heterocycles. The van der Waals surface area contributed by atoms with Crippen molar-refractivity contribution in [2.24, 2.45) is 5.92 Å². The van der Waals surface area contributed by atoms with Gasteiger partial charge in [0.25, 0.3) is 11.8 Å². The number of piperidine rings is 1. The van der Waals surface area contributed by atoms with E-state index < -0.39 is 33.8 Å². The van der Waals surface area contributed by atoms with E-state index in [2.05, 4.69) is 0 Å². The summed E-state index contributed by atoms with van der Waals surface area (Å²) in [6, 6.07) is 2.56. The van der Waals surface area contributed by atoms with Crippen molar-refractivity contribution in [3.05, 3.63) is 29.3 Å². The molecular formula is C16H18N2O6S. The number of carboxylic acid groups (broad SMARTS) is 1. The van der Waals surface area contributed by atoms with E-state index in [-0.39, 0.29) is 28.5 Å². The molecule has 1 aromatic carbocycles. The molecule has 2 amide bonds. The van der Waals surface area contributed by atoms with Crippen molar-refractivity contribution in [2.75, 3.05) is 13.6 Å². The van der Waals surface area contributed by atoms with Crippen molar-refractivity contribution in [3.8, 4) is 0 Å². The Labute approximate surface area is 145 Å². The van der Waals surface area contributed by atoms with E-state index in [1.165, 1.54) is 19.2 Å². The highest BCUT2D eigenvalue weighted by molar-refractivity contribution is 7.89. The van der Waals surface area contributed by atoms with E-state index in [1.54, 1.807) is 6.92 Å². The minimum Gasteiger partial charge on any atom is -0.480 e. The van der Waals surface area contributed by atoms with E-state index in [1.807, 2.05) is 0 Å². The quantitative estimate of drug-likeness (QED) is 0.792. The summed E-state index contributed by atoms with van der Waals surface area (Å²) in [5, 5.41) is 9.44. The molecule has 9 heteroatoms. The van der Waals surface area contributed by atoms with Crippen molar-refractivity contribution in [1.29, 1.82) is 0 Å². The topological polar surface area (TPSA) is 112 Å². The highest BCUT2D eigenvalue weighted by Crippen LogP contribution is 2.31. The Bertz CT molecular complexity index is 879. The Hall–Kier alpha value is -2.26. The molecule has 0 spiro atoms. The zero-order valence-corrected chi connectivity index (χ0v) is 14.6. The third kappa shape index (κ3) is 2.63. The average Bonchev–Trinajstić information content (AvgIpc) is 2.78. The Kier molecular flexibility index (Phi) is 4.16. The average molecular weight is 366 g/mol. The number of imide groups is 1. The second kappa shape index (κ2) is 5.92. The number of hydrogen-bond donors (Lipinski definition) is 1. The van der Waals surface area contributed by atoms with Gasteiger partial charge in [-0.3, -0.25) is 19.3 Å². The van der Waals surface area contributed by atoms with Gasteiger partial charge in [0.05, 0.1) is 16.0 Å². The van der Waals surface area contributed by atoms with Crippen LogP contribution in [0.2, 0.25) is 0 Å². The van der Waals surface area contributed by atoms with Crippen LogP contribution in [0.3, 0.4) is 0 Å². The lowest BCUT2D eigenvalue weighted by Crippen LogP contribution is -2.51. The van der Waals surface area contributed by atoms with Crippen LogP contribution in [-0.4, -0.2) is 60.1 Å². The molecule has 1 aromatic rings. The lowest BCUT2D eigenvalue weighted by molar-refractivity contribution is -0.144. The fraction of sp³-hybridized carbons (Fsp3) is 0.438. The van der Waals surface area contributed by atoms with Crippen molar-refractivity contribution in [2.45, 2.75) is 30.7 Å². The standard InChI is InChI=1S/C16H18N2O6S/c1-9-4-3-7-18(13(9)16(21)22)25(23,24)10-5-6-11-12(8-10)15(20)17(2)14(11)19/h5-6,8-9,13H,3-4,7H2,1-2H3,(H,21,22). The Morgan fingerprint density at radius 2 is 1.84 bits per heavy atom. The van der Waals surface area contributed by atoms with Gasteiger partial charge in [0, 0.05) is 13.6 Å². The fourth-order valence-corrected chi connectivity index (χ4v) is 5.17. The smallest absolute Gasteiger partial charge is 0.322 e. The van der Waals surface area contributed by atoms with Gasteiger partial charge in [-0.05, 0) is 37.0 Å². The summed E-state index contributed by atoms with van der Waals surface area (Å²) in [5.74, 6) is -2.56. The number of carbonyl (C=O) groups is 3. The second-order valence-corrected chi connectivity index (χ2v) is 8.29. The monoisotopic (exact) mass is 366 g/mol. The van der Waals surface area contributed by atoms with Gasteiger partial charge in [-0.2, -0.15) is 4.31 Å². The molecule has 0 saturated carbocycles. The maximum atomic E-state index is 13.0. The Morgan fingerprint density at radius 3 is 2.48 bits per heavy atom. The molecule has 3 rings (SSSR count). The molecule has 1 N–H and O–H groups in total. The van der Waals surface area contributed by atoms with Gasteiger partial charge < -0.3 is 5.11 Å². The SMILES string of the molecule is CC1CCCN(S(=O)(=O)c2ccc3c(c2)C(=O)N(C)C3=O)C1C(=O)O. The van der Waals surface area contributed by atoms with Crippen LogP contribution in [0.15, 0.2) is 23.1 Å². The van der Waals surface area contributed by atoms with Crippen molar-refractivity contribution in [3.63, 3.8) is 0 Å². The van der Waals surface area contributed by atoms with Gasteiger partial charge in [0.1, 0.15) is 6.04 Å². The summed E-state index contributed by atoms with van der Waals surface area (Å²) in [6.07, 6.45) is 1.19. The zero-order valence-electron chi connectivity index (χ0n) is 13.8. The van der Waals surface area contributed by atoms with Crippen LogP contribution in [0.1, 0.15) is 40.5 Å². The maximum Gasteiger partial charge on any atom is 0.322 e. The molecule has 134 valence electrons. The summed E-state index contributed by atoms with van der Waals surface area (Å²) in [5.41, 5.74) is 0.166. The van der Waals surface area contributed by atoms with Crippen LogP contribution in [0, 0.1) is 5.92 Å². The Morgan fingerprint density at radius 1 is 1.20 bits per heavy atom. The van der Waals surface area contributed by atoms with Crippen molar-refractivity contribution >= 4 is 27.8 Å². The first-order valence-corrected chi connectivity index (χ1v) is 9.31. The van der Waals surface area contributed by atoms with Crippen LogP contribution < -0.4 is 0 Å². The first-order chi connectivity index (χ1) is 11.7. The molecule has 0 bridgehead atoms. The van der Waals surface area contributed by atoms with Gasteiger partial charge in [-0.15, -0.1) is 0 Å². The lowest BCUT2D eigenvalue weighted by atomic mass is 9.93. The van der Waals surface area contributed by atoms with Gasteiger partial charge >= 0.3 is 5.97 Å². The normalized spacial score (nSPS) is 24.5. The summed E-state index contributed by atoms with van der Waals surface area (Å²) >= 11 is 0. The van der Waals surface area contributed by atoms with Crippen LogP contribution in [0.4, 0.5) is 0 Å². The third-order valence-electron chi connectivity index (χ3n) is 4.81.